The van der Waals surface area contributed by atoms with Crippen molar-refractivity contribution in [3.8, 4) is 0 Å². The molecule has 1 aliphatic carbocycles. The molecule has 0 aliphatic heterocycles. The van der Waals surface area contributed by atoms with Crippen molar-refractivity contribution in [3.63, 3.8) is 0 Å². The molecule has 3 heteroatoms. The van der Waals surface area contributed by atoms with Crippen molar-refractivity contribution >= 4 is 5.91 Å². The van der Waals surface area contributed by atoms with E-state index in [1.54, 1.807) is 0 Å². The second-order valence-corrected chi connectivity index (χ2v) is 7.82. The number of carbonyl (C=O) groups is 1. The molecular formula is C18H36N2O. The number of carbonyl (C=O) groups excluding carboxylic acids is 1. The first-order chi connectivity index (χ1) is 9.88. The Hall–Kier alpha value is -0.570. The van der Waals surface area contributed by atoms with E-state index in [9.17, 15) is 4.79 Å². The van der Waals surface area contributed by atoms with Crippen LogP contribution in [0.4, 0.5) is 0 Å². The molecule has 1 fully saturated rings. The topological polar surface area (TPSA) is 55.1 Å². The predicted octanol–water partition coefficient (Wildman–Crippen LogP) is 3.86. The number of nitrogens with two attached hydrogens (primary N) is 1. The molecule has 3 atom stereocenters. The van der Waals surface area contributed by atoms with E-state index < -0.39 is 0 Å². The Labute approximate surface area is 131 Å². The zero-order chi connectivity index (χ0) is 15.9. The molecule has 0 radical (unpaired) electrons. The van der Waals surface area contributed by atoms with Crippen molar-refractivity contribution in [1.29, 1.82) is 0 Å². The van der Waals surface area contributed by atoms with E-state index in [1.807, 2.05) is 0 Å². The maximum atomic E-state index is 12.3. The van der Waals surface area contributed by atoms with Crippen LogP contribution in [0.25, 0.3) is 0 Å². The minimum atomic E-state index is 0.242. The third-order valence-electron chi connectivity index (χ3n) is 5.16. The second kappa shape index (κ2) is 8.77. The summed E-state index contributed by atoms with van der Waals surface area (Å²) in [7, 11) is 0. The summed E-state index contributed by atoms with van der Waals surface area (Å²) in [5.41, 5.74) is 5.91. The first kappa shape index (κ1) is 18.5. The summed E-state index contributed by atoms with van der Waals surface area (Å²) in [4.78, 5) is 12.3. The summed E-state index contributed by atoms with van der Waals surface area (Å²) in [5.74, 6) is 1.46. The lowest BCUT2D eigenvalue weighted by Crippen LogP contribution is -2.46. The van der Waals surface area contributed by atoms with E-state index in [2.05, 4.69) is 33.0 Å². The Balaban J connectivity index is 2.44. The molecule has 0 bridgehead atoms. The molecule has 0 heterocycles. The predicted molar refractivity (Wildman–Crippen MR) is 90.0 cm³/mol. The Morgan fingerprint density at radius 1 is 1.24 bits per heavy atom. The van der Waals surface area contributed by atoms with E-state index >= 15 is 0 Å². The average molecular weight is 296 g/mol. The number of hydrogen-bond acceptors (Lipinski definition) is 2. The zero-order valence-corrected chi connectivity index (χ0v) is 14.6. The molecule has 1 aliphatic rings. The average Bonchev–Trinajstić information content (AvgIpc) is 2.43. The molecule has 0 saturated heterocycles. The number of hydrogen-bond donors (Lipinski definition) is 2. The highest BCUT2D eigenvalue weighted by Crippen LogP contribution is 2.38. The van der Waals surface area contributed by atoms with Crippen molar-refractivity contribution in [2.75, 3.05) is 6.54 Å². The van der Waals surface area contributed by atoms with Crippen molar-refractivity contribution in [1.82, 2.24) is 5.32 Å². The normalized spacial score (nSPS) is 24.6. The first-order valence-electron chi connectivity index (χ1n) is 8.87. The third kappa shape index (κ3) is 6.37. The van der Waals surface area contributed by atoms with Gasteiger partial charge in [-0.1, -0.05) is 47.0 Å². The Bertz CT molecular complexity index is 309. The standard InChI is InChI=1S/C18H36N2O/c1-5-14(12-13-19)10-11-17(21)20-16-9-7-6-8-15(16)18(2,3)4/h14-16H,5-13,19H2,1-4H3,(H,20,21). The van der Waals surface area contributed by atoms with Crippen LogP contribution in [0.2, 0.25) is 0 Å². The minimum absolute atomic E-state index is 0.242. The van der Waals surface area contributed by atoms with Gasteiger partial charge in [0.15, 0.2) is 0 Å². The monoisotopic (exact) mass is 296 g/mol. The molecule has 0 aromatic heterocycles. The van der Waals surface area contributed by atoms with Gasteiger partial charge in [-0.3, -0.25) is 4.79 Å². The van der Waals surface area contributed by atoms with Gasteiger partial charge in [0.25, 0.3) is 0 Å². The van der Waals surface area contributed by atoms with Crippen LogP contribution in [0, 0.1) is 17.3 Å². The minimum Gasteiger partial charge on any atom is -0.353 e. The fraction of sp³-hybridized carbons (Fsp3) is 0.944. The largest absolute Gasteiger partial charge is 0.353 e. The van der Waals surface area contributed by atoms with Crippen LogP contribution in [0.3, 0.4) is 0 Å². The second-order valence-electron chi connectivity index (χ2n) is 7.82. The smallest absolute Gasteiger partial charge is 0.220 e. The highest BCUT2D eigenvalue weighted by Gasteiger charge is 2.34. The van der Waals surface area contributed by atoms with Gasteiger partial charge in [-0.25, -0.2) is 0 Å². The van der Waals surface area contributed by atoms with Crippen LogP contribution < -0.4 is 11.1 Å². The van der Waals surface area contributed by atoms with Crippen molar-refractivity contribution in [3.05, 3.63) is 0 Å². The summed E-state index contributed by atoms with van der Waals surface area (Å²) in [6, 6.07) is 0.376. The van der Waals surface area contributed by atoms with Crippen molar-refractivity contribution in [2.24, 2.45) is 23.0 Å². The van der Waals surface area contributed by atoms with E-state index in [1.165, 1.54) is 19.3 Å². The van der Waals surface area contributed by atoms with Gasteiger partial charge in [0.05, 0.1) is 0 Å². The van der Waals surface area contributed by atoms with Crippen molar-refractivity contribution < 1.29 is 4.79 Å². The molecule has 1 saturated carbocycles. The van der Waals surface area contributed by atoms with E-state index in [-0.39, 0.29) is 11.3 Å². The van der Waals surface area contributed by atoms with E-state index in [0.717, 1.165) is 32.2 Å². The van der Waals surface area contributed by atoms with Gasteiger partial charge in [-0.05, 0) is 49.5 Å². The maximum absolute atomic E-state index is 12.3. The van der Waals surface area contributed by atoms with Crippen LogP contribution in [0.5, 0.6) is 0 Å². The van der Waals surface area contributed by atoms with Gasteiger partial charge in [0.1, 0.15) is 0 Å². The third-order valence-corrected chi connectivity index (χ3v) is 5.16. The molecule has 21 heavy (non-hydrogen) atoms. The van der Waals surface area contributed by atoms with Gasteiger partial charge < -0.3 is 11.1 Å². The van der Waals surface area contributed by atoms with E-state index in [4.69, 9.17) is 5.73 Å². The molecule has 0 aromatic rings. The van der Waals surface area contributed by atoms with Gasteiger partial charge in [-0.2, -0.15) is 0 Å². The summed E-state index contributed by atoms with van der Waals surface area (Å²) in [5, 5.41) is 3.33. The quantitative estimate of drug-likeness (QED) is 0.749. The number of nitrogens with one attached hydrogen (secondary N) is 1. The summed E-state index contributed by atoms with van der Waals surface area (Å²) in [6.45, 7) is 9.83. The van der Waals surface area contributed by atoms with Gasteiger partial charge >= 0.3 is 0 Å². The highest BCUT2D eigenvalue weighted by atomic mass is 16.1. The Morgan fingerprint density at radius 3 is 2.48 bits per heavy atom. The van der Waals surface area contributed by atoms with Crippen molar-refractivity contribution in [2.45, 2.75) is 85.1 Å². The lowest BCUT2D eigenvalue weighted by atomic mass is 9.69. The molecule has 0 aromatic carbocycles. The number of rotatable bonds is 7. The fourth-order valence-electron chi connectivity index (χ4n) is 3.74. The van der Waals surface area contributed by atoms with Crippen LogP contribution in [0.1, 0.15) is 79.1 Å². The molecule has 3 N–H and O–H groups in total. The fourth-order valence-corrected chi connectivity index (χ4v) is 3.74. The van der Waals surface area contributed by atoms with Crippen LogP contribution in [-0.2, 0) is 4.79 Å². The summed E-state index contributed by atoms with van der Waals surface area (Å²) < 4.78 is 0. The van der Waals surface area contributed by atoms with Crippen LogP contribution in [-0.4, -0.2) is 18.5 Å². The van der Waals surface area contributed by atoms with E-state index in [0.29, 0.717) is 24.3 Å². The Kier molecular flexibility index (Phi) is 7.72. The molecule has 124 valence electrons. The molecule has 0 spiro atoms. The van der Waals surface area contributed by atoms with Crippen LogP contribution >= 0.6 is 0 Å². The molecular weight excluding hydrogens is 260 g/mol. The SMILES string of the molecule is CCC(CCN)CCC(=O)NC1CCCCC1C(C)(C)C. The molecule has 3 unspecified atom stereocenters. The highest BCUT2D eigenvalue weighted by molar-refractivity contribution is 5.76. The van der Waals surface area contributed by atoms with Gasteiger partial charge in [0.2, 0.25) is 5.91 Å². The van der Waals surface area contributed by atoms with Gasteiger partial charge in [-0.15, -0.1) is 0 Å². The summed E-state index contributed by atoms with van der Waals surface area (Å²) in [6.07, 6.45) is 8.76. The summed E-state index contributed by atoms with van der Waals surface area (Å²) >= 11 is 0. The molecule has 1 amide bonds. The molecule has 3 nitrogen and oxygen atoms in total. The first-order valence-corrected chi connectivity index (χ1v) is 8.87. The van der Waals surface area contributed by atoms with Gasteiger partial charge in [0, 0.05) is 12.5 Å². The lowest BCUT2D eigenvalue weighted by Gasteiger charge is -2.40. The Morgan fingerprint density at radius 2 is 1.90 bits per heavy atom. The zero-order valence-electron chi connectivity index (χ0n) is 14.6. The van der Waals surface area contributed by atoms with Crippen LogP contribution in [0.15, 0.2) is 0 Å². The number of amides is 1. The maximum Gasteiger partial charge on any atom is 0.220 e. The molecule has 1 rings (SSSR count). The lowest BCUT2D eigenvalue weighted by molar-refractivity contribution is -0.123.